The second kappa shape index (κ2) is 6.63. The first-order valence-electron chi connectivity index (χ1n) is 6.19. The fourth-order valence-corrected chi connectivity index (χ4v) is 1.77. The molecule has 0 bridgehead atoms. The van der Waals surface area contributed by atoms with Crippen LogP contribution in [0.2, 0.25) is 0 Å². The molecule has 5 heteroatoms. The minimum Gasteiger partial charge on any atom is -0.493 e. The molecular weight excluding hydrogens is 244 g/mol. The third kappa shape index (κ3) is 4.61. The van der Waals surface area contributed by atoms with Crippen LogP contribution in [0.4, 0.5) is 0 Å². The Morgan fingerprint density at radius 1 is 1.05 bits per heavy atom. The van der Waals surface area contributed by atoms with Gasteiger partial charge in [0.05, 0.1) is 21.3 Å². The number of methoxy groups -OCH3 is 3. The zero-order valence-electron chi connectivity index (χ0n) is 12.4. The number of rotatable bonds is 7. The van der Waals surface area contributed by atoms with Crippen LogP contribution in [0.25, 0.3) is 0 Å². The molecular formula is C14H24N2O3. The Balaban J connectivity index is 2.85. The molecule has 108 valence electrons. The third-order valence-electron chi connectivity index (χ3n) is 2.63. The van der Waals surface area contributed by atoms with Crippen LogP contribution in [0, 0.1) is 0 Å². The van der Waals surface area contributed by atoms with E-state index in [2.05, 4.69) is 5.32 Å². The molecule has 0 radical (unpaired) electrons. The fraction of sp³-hybridized carbons (Fsp3) is 0.571. The number of ether oxygens (including phenoxy) is 3. The summed E-state index contributed by atoms with van der Waals surface area (Å²) in [6.45, 7) is 5.38. The first-order chi connectivity index (χ1) is 8.91. The van der Waals surface area contributed by atoms with E-state index in [9.17, 15) is 0 Å². The van der Waals surface area contributed by atoms with E-state index in [0.717, 1.165) is 12.1 Å². The second-order valence-corrected chi connectivity index (χ2v) is 5.13. The molecule has 0 aliphatic carbocycles. The molecule has 0 fully saturated rings. The highest BCUT2D eigenvalue weighted by molar-refractivity contribution is 5.53. The van der Waals surface area contributed by atoms with E-state index >= 15 is 0 Å². The lowest BCUT2D eigenvalue weighted by Gasteiger charge is -2.19. The van der Waals surface area contributed by atoms with Crippen molar-refractivity contribution in [2.45, 2.75) is 25.9 Å². The number of benzene rings is 1. The molecule has 3 N–H and O–H groups in total. The monoisotopic (exact) mass is 268 g/mol. The lowest BCUT2D eigenvalue weighted by Crippen LogP contribution is -2.42. The average Bonchev–Trinajstić information content (AvgIpc) is 2.35. The molecule has 0 heterocycles. The van der Waals surface area contributed by atoms with Crippen molar-refractivity contribution >= 4 is 0 Å². The summed E-state index contributed by atoms with van der Waals surface area (Å²) in [7, 11) is 4.81. The lowest BCUT2D eigenvalue weighted by molar-refractivity contribution is 0.323. The van der Waals surface area contributed by atoms with Gasteiger partial charge >= 0.3 is 0 Å². The van der Waals surface area contributed by atoms with Crippen LogP contribution < -0.4 is 25.3 Å². The summed E-state index contributed by atoms with van der Waals surface area (Å²) in [4.78, 5) is 0. The van der Waals surface area contributed by atoms with Gasteiger partial charge in [-0.1, -0.05) is 0 Å². The Bertz CT molecular complexity index is 389. The molecule has 0 unspecified atom stereocenters. The molecule has 5 nitrogen and oxygen atoms in total. The quantitative estimate of drug-likeness (QED) is 0.785. The molecule has 0 saturated carbocycles. The summed E-state index contributed by atoms with van der Waals surface area (Å²) >= 11 is 0. The van der Waals surface area contributed by atoms with E-state index in [1.54, 1.807) is 21.3 Å². The van der Waals surface area contributed by atoms with E-state index in [4.69, 9.17) is 19.9 Å². The standard InChI is InChI=1S/C14H24N2O3/c1-14(2,15)9-16-8-10-6-11(17-3)13(19-5)12(7-10)18-4/h6-7,16H,8-9,15H2,1-5H3. The first kappa shape index (κ1) is 15.6. The predicted molar refractivity (Wildman–Crippen MR) is 76.1 cm³/mol. The van der Waals surface area contributed by atoms with Crippen LogP contribution >= 0.6 is 0 Å². The van der Waals surface area contributed by atoms with Crippen LogP contribution in [-0.2, 0) is 6.54 Å². The Kier molecular flexibility index (Phi) is 5.44. The van der Waals surface area contributed by atoms with Gasteiger partial charge in [-0.25, -0.2) is 0 Å². The number of nitrogens with two attached hydrogens (primary N) is 1. The Morgan fingerprint density at radius 2 is 1.58 bits per heavy atom. The summed E-state index contributed by atoms with van der Waals surface area (Å²) in [5.74, 6) is 1.92. The zero-order chi connectivity index (χ0) is 14.5. The van der Waals surface area contributed by atoms with E-state index in [-0.39, 0.29) is 5.54 Å². The van der Waals surface area contributed by atoms with Crippen LogP contribution in [0.15, 0.2) is 12.1 Å². The van der Waals surface area contributed by atoms with Gasteiger partial charge in [0.15, 0.2) is 11.5 Å². The van der Waals surface area contributed by atoms with Crippen LogP contribution in [-0.4, -0.2) is 33.4 Å². The minimum absolute atomic E-state index is 0.235. The third-order valence-corrected chi connectivity index (χ3v) is 2.63. The SMILES string of the molecule is COc1cc(CNCC(C)(C)N)cc(OC)c1OC. The van der Waals surface area contributed by atoms with Crippen molar-refractivity contribution < 1.29 is 14.2 Å². The van der Waals surface area contributed by atoms with Gasteiger partial charge < -0.3 is 25.3 Å². The van der Waals surface area contributed by atoms with Crippen molar-refractivity contribution in [1.82, 2.24) is 5.32 Å². The molecule has 0 aliphatic heterocycles. The van der Waals surface area contributed by atoms with Crippen molar-refractivity contribution in [2.24, 2.45) is 5.73 Å². The van der Waals surface area contributed by atoms with Crippen molar-refractivity contribution in [3.63, 3.8) is 0 Å². The van der Waals surface area contributed by atoms with Gasteiger partial charge in [0.1, 0.15) is 0 Å². The van der Waals surface area contributed by atoms with E-state index in [0.29, 0.717) is 23.8 Å². The summed E-state index contributed by atoms with van der Waals surface area (Å²) in [6, 6.07) is 3.86. The maximum atomic E-state index is 5.93. The van der Waals surface area contributed by atoms with Gasteiger partial charge in [-0.3, -0.25) is 0 Å². The summed E-state index contributed by atoms with van der Waals surface area (Å²) < 4.78 is 15.9. The number of hydrogen-bond donors (Lipinski definition) is 2. The maximum Gasteiger partial charge on any atom is 0.203 e. The Morgan fingerprint density at radius 3 is 1.95 bits per heavy atom. The van der Waals surface area contributed by atoms with Crippen molar-refractivity contribution in [3.8, 4) is 17.2 Å². The van der Waals surface area contributed by atoms with Gasteiger partial charge in [0, 0.05) is 18.6 Å². The molecule has 19 heavy (non-hydrogen) atoms. The normalized spacial score (nSPS) is 11.3. The molecule has 0 spiro atoms. The molecule has 1 aromatic rings. The number of hydrogen-bond acceptors (Lipinski definition) is 5. The largest absolute Gasteiger partial charge is 0.493 e. The van der Waals surface area contributed by atoms with Crippen LogP contribution in [0.3, 0.4) is 0 Å². The fourth-order valence-electron chi connectivity index (χ4n) is 1.77. The Labute approximate surface area is 115 Å². The van der Waals surface area contributed by atoms with Gasteiger partial charge in [0.2, 0.25) is 5.75 Å². The van der Waals surface area contributed by atoms with E-state index in [1.807, 2.05) is 26.0 Å². The van der Waals surface area contributed by atoms with Crippen LogP contribution in [0.5, 0.6) is 17.2 Å². The summed E-state index contributed by atoms with van der Waals surface area (Å²) in [5, 5.41) is 3.30. The van der Waals surface area contributed by atoms with Crippen molar-refractivity contribution in [2.75, 3.05) is 27.9 Å². The van der Waals surface area contributed by atoms with Gasteiger partial charge in [-0.2, -0.15) is 0 Å². The van der Waals surface area contributed by atoms with Crippen LogP contribution in [0.1, 0.15) is 19.4 Å². The zero-order valence-corrected chi connectivity index (χ0v) is 12.4. The van der Waals surface area contributed by atoms with E-state index < -0.39 is 0 Å². The highest BCUT2D eigenvalue weighted by atomic mass is 16.5. The topological polar surface area (TPSA) is 65.7 Å². The summed E-state index contributed by atoms with van der Waals surface area (Å²) in [6.07, 6.45) is 0. The lowest BCUT2D eigenvalue weighted by atomic mass is 10.1. The maximum absolute atomic E-state index is 5.93. The second-order valence-electron chi connectivity index (χ2n) is 5.13. The molecule has 0 aromatic heterocycles. The van der Waals surface area contributed by atoms with E-state index in [1.165, 1.54) is 0 Å². The molecule has 0 aliphatic rings. The van der Waals surface area contributed by atoms with Gasteiger partial charge in [-0.05, 0) is 31.5 Å². The molecule has 0 amide bonds. The Hall–Kier alpha value is -1.46. The van der Waals surface area contributed by atoms with Crippen molar-refractivity contribution in [3.05, 3.63) is 17.7 Å². The van der Waals surface area contributed by atoms with Gasteiger partial charge in [0.25, 0.3) is 0 Å². The summed E-state index contributed by atoms with van der Waals surface area (Å²) in [5.41, 5.74) is 6.74. The van der Waals surface area contributed by atoms with Crippen molar-refractivity contribution in [1.29, 1.82) is 0 Å². The van der Waals surface area contributed by atoms with Gasteiger partial charge in [-0.15, -0.1) is 0 Å². The molecule has 0 atom stereocenters. The highest BCUT2D eigenvalue weighted by Gasteiger charge is 2.14. The smallest absolute Gasteiger partial charge is 0.203 e. The molecule has 1 rings (SSSR count). The average molecular weight is 268 g/mol. The first-order valence-corrected chi connectivity index (χ1v) is 6.19. The molecule has 1 aromatic carbocycles. The number of nitrogens with one attached hydrogen (secondary N) is 1. The molecule has 0 saturated heterocycles. The minimum atomic E-state index is -0.235. The predicted octanol–water partition coefficient (Wildman–Crippen LogP) is 1.54. The highest BCUT2D eigenvalue weighted by Crippen LogP contribution is 2.38.